The summed E-state index contributed by atoms with van der Waals surface area (Å²) in [6, 6.07) is 13.5. The fourth-order valence-electron chi connectivity index (χ4n) is 2.65. The van der Waals surface area contributed by atoms with Gasteiger partial charge in [0, 0.05) is 10.5 Å². The van der Waals surface area contributed by atoms with Crippen molar-refractivity contribution in [3.63, 3.8) is 0 Å². The molecule has 112 valence electrons. The molecule has 0 radical (unpaired) electrons. The Morgan fingerprint density at radius 1 is 1.10 bits per heavy atom. The van der Waals surface area contributed by atoms with Gasteiger partial charge in [-0.15, -0.1) is 0 Å². The normalized spacial score (nSPS) is 12.4. The third-order valence-electron chi connectivity index (χ3n) is 3.69. The van der Waals surface area contributed by atoms with Gasteiger partial charge in [0.25, 0.3) is 0 Å². The van der Waals surface area contributed by atoms with Crippen molar-refractivity contribution in [1.29, 1.82) is 0 Å². The molecular formula is C18H21BrFN. The average Bonchev–Trinajstić information content (AvgIpc) is 2.50. The molecule has 0 aliphatic rings. The van der Waals surface area contributed by atoms with Gasteiger partial charge in [-0.3, -0.25) is 0 Å². The van der Waals surface area contributed by atoms with Crippen LogP contribution in [0.4, 0.5) is 4.39 Å². The first kappa shape index (κ1) is 16.2. The first-order chi connectivity index (χ1) is 10.2. The maximum atomic E-state index is 13.5. The third-order valence-corrected chi connectivity index (χ3v) is 4.47. The Morgan fingerprint density at radius 3 is 2.57 bits per heavy atom. The fraction of sp³-hybridized carbons (Fsp3) is 0.333. The number of aryl methyl sites for hydroxylation is 1. The van der Waals surface area contributed by atoms with Crippen molar-refractivity contribution in [2.75, 3.05) is 6.54 Å². The van der Waals surface area contributed by atoms with E-state index in [0.717, 1.165) is 29.4 Å². The lowest BCUT2D eigenvalue weighted by atomic mass is 9.93. The summed E-state index contributed by atoms with van der Waals surface area (Å²) in [6.45, 7) is 5.15. The summed E-state index contributed by atoms with van der Waals surface area (Å²) in [6.07, 6.45) is 1.77. The van der Waals surface area contributed by atoms with Gasteiger partial charge in [0.1, 0.15) is 5.82 Å². The Bertz CT molecular complexity index is 598. The summed E-state index contributed by atoms with van der Waals surface area (Å²) in [5.74, 6) is -0.188. The third kappa shape index (κ3) is 4.14. The molecule has 0 fully saturated rings. The summed E-state index contributed by atoms with van der Waals surface area (Å²) in [5, 5.41) is 3.53. The Balaban J connectivity index is 2.33. The Hall–Kier alpha value is -1.19. The summed E-state index contributed by atoms with van der Waals surface area (Å²) in [5.41, 5.74) is 3.64. The lowest BCUT2D eigenvalue weighted by Gasteiger charge is -2.22. The first-order valence-corrected chi connectivity index (χ1v) is 8.20. The van der Waals surface area contributed by atoms with Gasteiger partial charge in [-0.25, -0.2) is 4.39 Å². The van der Waals surface area contributed by atoms with E-state index < -0.39 is 0 Å². The molecule has 2 aromatic rings. The molecule has 0 bridgehead atoms. The lowest BCUT2D eigenvalue weighted by Crippen LogP contribution is -2.24. The van der Waals surface area contributed by atoms with Crippen molar-refractivity contribution in [3.05, 3.63) is 69.4 Å². The van der Waals surface area contributed by atoms with Crippen LogP contribution in [0, 0.1) is 5.82 Å². The Labute approximate surface area is 134 Å². The molecule has 0 aromatic heterocycles. The predicted octanol–water partition coefficient (Wildman–Crippen LogP) is 5.04. The van der Waals surface area contributed by atoms with Crippen LogP contribution < -0.4 is 5.32 Å². The van der Waals surface area contributed by atoms with Crippen LogP contribution >= 0.6 is 15.9 Å². The highest BCUT2D eigenvalue weighted by atomic mass is 79.9. The maximum Gasteiger partial charge on any atom is 0.123 e. The molecule has 0 aliphatic heterocycles. The van der Waals surface area contributed by atoms with Crippen molar-refractivity contribution in [2.24, 2.45) is 0 Å². The summed E-state index contributed by atoms with van der Waals surface area (Å²) in [4.78, 5) is 0. The van der Waals surface area contributed by atoms with E-state index in [9.17, 15) is 4.39 Å². The summed E-state index contributed by atoms with van der Waals surface area (Å²) < 4.78 is 14.4. The molecule has 1 atom stereocenters. The smallest absolute Gasteiger partial charge is 0.123 e. The van der Waals surface area contributed by atoms with E-state index in [2.05, 4.69) is 59.4 Å². The molecule has 3 heteroatoms. The zero-order chi connectivity index (χ0) is 15.2. The monoisotopic (exact) mass is 349 g/mol. The van der Waals surface area contributed by atoms with Gasteiger partial charge in [0.2, 0.25) is 0 Å². The molecule has 0 amide bonds. The van der Waals surface area contributed by atoms with E-state index in [-0.39, 0.29) is 11.9 Å². The largest absolute Gasteiger partial charge is 0.310 e. The van der Waals surface area contributed by atoms with Crippen LogP contribution in [0.2, 0.25) is 0 Å². The van der Waals surface area contributed by atoms with Gasteiger partial charge in [-0.2, -0.15) is 0 Å². The van der Waals surface area contributed by atoms with Crippen LogP contribution in [0.5, 0.6) is 0 Å². The molecule has 2 rings (SSSR count). The van der Waals surface area contributed by atoms with Crippen LogP contribution in [0.3, 0.4) is 0 Å². The second-order valence-corrected chi connectivity index (χ2v) is 5.96. The minimum absolute atomic E-state index is 0.188. The molecule has 21 heavy (non-hydrogen) atoms. The Kier molecular flexibility index (Phi) is 5.95. The van der Waals surface area contributed by atoms with Crippen LogP contribution in [0.25, 0.3) is 0 Å². The van der Waals surface area contributed by atoms with Gasteiger partial charge in [0.05, 0.1) is 0 Å². The van der Waals surface area contributed by atoms with Gasteiger partial charge < -0.3 is 5.32 Å². The minimum Gasteiger partial charge on any atom is -0.310 e. The molecule has 0 heterocycles. The van der Waals surface area contributed by atoms with Crippen LogP contribution in [-0.2, 0) is 12.8 Å². The van der Waals surface area contributed by atoms with Crippen molar-refractivity contribution in [1.82, 2.24) is 5.32 Å². The zero-order valence-electron chi connectivity index (χ0n) is 12.5. The number of benzene rings is 2. The van der Waals surface area contributed by atoms with E-state index in [4.69, 9.17) is 0 Å². The molecule has 2 aromatic carbocycles. The highest BCUT2D eigenvalue weighted by molar-refractivity contribution is 9.10. The molecule has 0 saturated carbocycles. The number of hydrogen-bond acceptors (Lipinski definition) is 1. The quantitative estimate of drug-likeness (QED) is 0.769. The molecule has 1 nitrogen and oxygen atoms in total. The van der Waals surface area contributed by atoms with Crippen LogP contribution in [0.15, 0.2) is 46.9 Å². The number of likely N-dealkylation sites (N-methyl/N-ethyl adjacent to an activating group) is 1. The lowest BCUT2D eigenvalue weighted by molar-refractivity contribution is 0.542. The van der Waals surface area contributed by atoms with Crippen molar-refractivity contribution < 1.29 is 4.39 Å². The van der Waals surface area contributed by atoms with Crippen molar-refractivity contribution in [3.8, 4) is 0 Å². The van der Waals surface area contributed by atoms with Gasteiger partial charge in [0.15, 0.2) is 0 Å². The van der Waals surface area contributed by atoms with Gasteiger partial charge >= 0.3 is 0 Å². The minimum atomic E-state index is -0.188. The van der Waals surface area contributed by atoms with Crippen LogP contribution in [-0.4, -0.2) is 6.54 Å². The SMILES string of the molecule is CCNC(Cc1cc(F)ccc1Br)c1ccccc1CC. The van der Waals surface area contributed by atoms with Gasteiger partial charge in [-0.05, 0) is 54.3 Å². The fourth-order valence-corrected chi connectivity index (χ4v) is 3.06. The highest BCUT2D eigenvalue weighted by Crippen LogP contribution is 2.27. The number of halogens is 2. The molecule has 1 N–H and O–H groups in total. The van der Waals surface area contributed by atoms with E-state index in [1.54, 1.807) is 12.1 Å². The first-order valence-electron chi connectivity index (χ1n) is 7.40. The van der Waals surface area contributed by atoms with Crippen molar-refractivity contribution >= 4 is 15.9 Å². The molecule has 1 unspecified atom stereocenters. The van der Waals surface area contributed by atoms with Crippen LogP contribution in [0.1, 0.15) is 36.6 Å². The summed E-state index contributed by atoms with van der Waals surface area (Å²) in [7, 11) is 0. The maximum absolute atomic E-state index is 13.5. The molecule has 0 spiro atoms. The number of rotatable bonds is 6. The number of nitrogens with one attached hydrogen (secondary N) is 1. The van der Waals surface area contributed by atoms with Gasteiger partial charge in [-0.1, -0.05) is 54.0 Å². The molecule has 0 aliphatic carbocycles. The Morgan fingerprint density at radius 2 is 1.86 bits per heavy atom. The predicted molar refractivity (Wildman–Crippen MR) is 90.0 cm³/mol. The second kappa shape index (κ2) is 7.71. The molecule has 0 saturated heterocycles. The van der Waals surface area contributed by atoms with Crippen molar-refractivity contribution in [2.45, 2.75) is 32.7 Å². The van der Waals surface area contributed by atoms with E-state index in [1.165, 1.54) is 17.2 Å². The average molecular weight is 350 g/mol. The van der Waals surface area contributed by atoms with E-state index >= 15 is 0 Å². The zero-order valence-corrected chi connectivity index (χ0v) is 14.1. The summed E-state index contributed by atoms with van der Waals surface area (Å²) >= 11 is 3.52. The van der Waals surface area contributed by atoms with E-state index in [0.29, 0.717) is 0 Å². The number of hydrogen-bond donors (Lipinski definition) is 1. The van der Waals surface area contributed by atoms with E-state index in [1.807, 2.05) is 0 Å². The topological polar surface area (TPSA) is 12.0 Å². The highest BCUT2D eigenvalue weighted by Gasteiger charge is 2.16. The second-order valence-electron chi connectivity index (χ2n) is 5.10. The standard InChI is InChI=1S/C18H21BrFN/c1-3-13-7-5-6-8-16(13)18(21-4-2)12-14-11-15(20)9-10-17(14)19/h5-11,18,21H,3-4,12H2,1-2H3. The molecular weight excluding hydrogens is 329 g/mol.